The quantitative estimate of drug-likeness (QED) is 0.733. The third-order valence-corrected chi connectivity index (χ3v) is 3.67. The van der Waals surface area contributed by atoms with Crippen LogP contribution in [0.25, 0.3) is 11.0 Å². The van der Waals surface area contributed by atoms with Gasteiger partial charge in [-0.05, 0) is 49.6 Å². The summed E-state index contributed by atoms with van der Waals surface area (Å²) in [6.45, 7) is 3.07. The second kappa shape index (κ2) is 5.37. The fourth-order valence-electron chi connectivity index (χ4n) is 2.60. The molecule has 0 amide bonds. The maximum atomic E-state index is 5.70. The molecule has 0 radical (unpaired) electrons. The van der Waals surface area contributed by atoms with Crippen LogP contribution < -0.4 is 5.73 Å². The van der Waals surface area contributed by atoms with E-state index in [1.165, 1.54) is 11.1 Å². The molecular formula is C17H19N3. The summed E-state index contributed by atoms with van der Waals surface area (Å²) in [7, 11) is 0. The molecule has 102 valence electrons. The van der Waals surface area contributed by atoms with Gasteiger partial charge in [0.2, 0.25) is 0 Å². The van der Waals surface area contributed by atoms with E-state index in [9.17, 15) is 0 Å². The van der Waals surface area contributed by atoms with Crippen LogP contribution >= 0.6 is 0 Å². The van der Waals surface area contributed by atoms with E-state index in [0.29, 0.717) is 0 Å². The van der Waals surface area contributed by atoms with Crippen molar-refractivity contribution in [1.82, 2.24) is 9.55 Å². The first-order chi connectivity index (χ1) is 9.74. The summed E-state index contributed by atoms with van der Waals surface area (Å²) >= 11 is 0. The maximum absolute atomic E-state index is 5.70. The number of nitrogens with two attached hydrogens (primary N) is 1. The van der Waals surface area contributed by atoms with Gasteiger partial charge in [-0.25, -0.2) is 4.98 Å². The molecule has 20 heavy (non-hydrogen) atoms. The number of benzene rings is 2. The standard InChI is InChI=1S/C17H19N3/c1-13-19-16-6-2-3-7-17(16)20(13)12-4-5-14-8-10-15(18)11-9-14/h2-3,6-11H,4-5,12,18H2,1H3. The molecule has 0 bridgehead atoms. The molecule has 0 aliphatic rings. The first-order valence-corrected chi connectivity index (χ1v) is 7.00. The summed E-state index contributed by atoms with van der Waals surface area (Å²) < 4.78 is 2.30. The molecule has 0 aliphatic carbocycles. The molecule has 0 saturated heterocycles. The summed E-state index contributed by atoms with van der Waals surface area (Å²) in [5.74, 6) is 1.09. The highest BCUT2D eigenvalue weighted by molar-refractivity contribution is 5.75. The molecule has 1 aromatic heterocycles. The number of imidazole rings is 1. The molecule has 3 rings (SSSR count). The van der Waals surface area contributed by atoms with Gasteiger partial charge in [0, 0.05) is 12.2 Å². The highest BCUT2D eigenvalue weighted by Gasteiger charge is 2.05. The maximum Gasteiger partial charge on any atom is 0.106 e. The van der Waals surface area contributed by atoms with Gasteiger partial charge in [0.25, 0.3) is 0 Å². The number of anilines is 1. The first-order valence-electron chi connectivity index (χ1n) is 7.00. The molecule has 3 nitrogen and oxygen atoms in total. The second-order valence-corrected chi connectivity index (χ2v) is 5.14. The Hall–Kier alpha value is -2.29. The zero-order valence-electron chi connectivity index (χ0n) is 11.7. The van der Waals surface area contributed by atoms with Gasteiger partial charge in [-0.15, -0.1) is 0 Å². The number of hydrogen-bond donors (Lipinski definition) is 1. The lowest BCUT2D eigenvalue weighted by Crippen LogP contribution is -2.02. The van der Waals surface area contributed by atoms with Crippen LogP contribution in [-0.2, 0) is 13.0 Å². The number of hydrogen-bond acceptors (Lipinski definition) is 2. The molecule has 0 unspecified atom stereocenters. The number of aromatic nitrogens is 2. The van der Waals surface area contributed by atoms with Crippen molar-refractivity contribution in [2.45, 2.75) is 26.3 Å². The number of para-hydroxylation sites is 2. The van der Waals surface area contributed by atoms with Crippen molar-refractivity contribution in [2.75, 3.05) is 5.73 Å². The Kier molecular flexibility index (Phi) is 3.42. The minimum absolute atomic E-state index is 0.824. The van der Waals surface area contributed by atoms with Crippen molar-refractivity contribution < 1.29 is 0 Å². The highest BCUT2D eigenvalue weighted by atomic mass is 15.1. The topological polar surface area (TPSA) is 43.8 Å². The van der Waals surface area contributed by atoms with Crippen LogP contribution in [0.3, 0.4) is 0 Å². The summed E-state index contributed by atoms with van der Waals surface area (Å²) in [6, 6.07) is 16.5. The highest BCUT2D eigenvalue weighted by Crippen LogP contribution is 2.16. The van der Waals surface area contributed by atoms with Crippen LogP contribution in [0, 0.1) is 6.92 Å². The molecule has 0 saturated carbocycles. The predicted molar refractivity (Wildman–Crippen MR) is 83.6 cm³/mol. The van der Waals surface area contributed by atoms with Crippen molar-refractivity contribution in [2.24, 2.45) is 0 Å². The average Bonchev–Trinajstić information content (AvgIpc) is 2.77. The fraction of sp³-hybridized carbons (Fsp3) is 0.235. The Balaban J connectivity index is 1.71. The van der Waals surface area contributed by atoms with Crippen LogP contribution in [0.1, 0.15) is 17.8 Å². The number of fused-ring (bicyclic) bond motifs is 1. The van der Waals surface area contributed by atoms with E-state index in [2.05, 4.69) is 46.8 Å². The van der Waals surface area contributed by atoms with Gasteiger partial charge in [0.05, 0.1) is 11.0 Å². The predicted octanol–water partition coefficient (Wildman–Crippen LogP) is 3.56. The van der Waals surface area contributed by atoms with Gasteiger partial charge in [-0.2, -0.15) is 0 Å². The zero-order chi connectivity index (χ0) is 13.9. The largest absolute Gasteiger partial charge is 0.399 e. The van der Waals surface area contributed by atoms with Gasteiger partial charge >= 0.3 is 0 Å². The van der Waals surface area contributed by atoms with Gasteiger partial charge in [0.15, 0.2) is 0 Å². The summed E-state index contributed by atoms with van der Waals surface area (Å²) in [5, 5.41) is 0. The van der Waals surface area contributed by atoms with Crippen molar-refractivity contribution in [3.8, 4) is 0 Å². The van der Waals surface area contributed by atoms with Crippen LogP contribution in [0.15, 0.2) is 48.5 Å². The second-order valence-electron chi connectivity index (χ2n) is 5.14. The van der Waals surface area contributed by atoms with Gasteiger partial charge in [-0.1, -0.05) is 24.3 Å². The van der Waals surface area contributed by atoms with E-state index in [1.54, 1.807) is 0 Å². The molecule has 3 heteroatoms. The zero-order valence-corrected chi connectivity index (χ0v) is 11.7. The number of nitrogen functional groups attached to an aromatic ring is 1. The lowest BCUT2D eigenvalue weighted by Gasteiger charge is -2.07. The van der Waals surface area contributed by atoms with E-state index in [0.717, 1.165) is 36.4 Å². The Labute approximate surface area is 119 Å². The van der Waals surface area contributed by atoms with Gasteiger partial charge < -0.3 is 10.3 Å². The lowest BCUT2D eigenvalue weighted by atomic mass is 10.1. The monoisotopic (exact) mass is 265 g/mol. The first kappa shape index (κ1) is 12.7. The Bertz CT molecular complexity index is 711. The fourth-order valence-corrected chi connectivity index (χ4v) is 2.60. The average molecular weight is 265 g/mol. The third kappa shape index (κ3) is 2.52. The van der Waals surface area contributed by atoms with Gasteiger partial charge in [-0.3, -0.25) is 0 Å². The molecule has 1 heterocycles. The van der Waals surface area contributed by atoms with Crippen LogP contribution in [-0.4, -0.2) is 9.55 Å². The van der Waals surface area contributed by atoms with Crippen LogP contribution in [0.4, 0.5) is 5.69 Å². The smallest absolute Gasteiger partial charge is 0.106 e. The normalized spacial score (nSPS) is 11.1. The molecule has 0 fully saturated rings. The molecule has 0 atom stereocenters. The van der Waals surface area contributed by atoms with Crippen molar-refractivity contribution in [3.63, 3.8) is 0 Å². The van der Waals surface area contributed by atoms with Gasteiger partial charge in [0.1, 0.15) is 5.82 Å². The van der Waals surface area contributed by atoms with Crippen LogP contribution in [0.2, 0.25) is 0 Å². The summed E-state index contributed by atoms with van der Waals surface area (Å²) in [4.78, 5) is 4.60. The number of aryl methyl sites for hydroxylation is 3. The molecule has 0 aliphatic heterocycles. The molecule has 3 aromatic rings. The molecule has 0 spiro atoms. The summed E-state index contributed by atoms with van der Waals surface area (Å²) in [6.07, 6.45) is 2.16. The van der Waals surface area contributed by atoms with Crippen molar-refractivity contribution in [3.05, 3.63) is 59.9 Å². The minimum atomic E-state index is 0.824. The van der Waals surface area contributed by atoms with E-state index >= 15 is 0 Å². The van der Waals surface area contributed by atoms with E-state index in [4.69, 9.17) is 5.73 Å². The number of nitrogens with zero attached hydrogens (tertiary/aromatic N) is 2. The molecule has 2 aromatic carbocycles. The molecular weight excluding hydrogens is 246 g/mol. The summed E-state index contributed by atoms with van der Waals surface area (Å²) in [5.41, 5.74) is 10.2. The van der Waals surface area contributed by atoms with Crippen molar-refractivity contribution >= 4 is 16.7 Å². The number of rotatable bonds is 4. The SMILES string of the molecule is Cc1nc2ccccc2n1CCCc1ccc(N)cc1. The molecule has 2 N–H and O–H groups in total. The Morgan fingerprint density at radius 1 is 1.05 bits per heavy atom. The lowest BCUT2D eigenvalue weighted by molar-refractivity contribution is 0.641. The van der Waals surface area contributed by atoms with E-state index < -0.39 is 0 Å². The Morgan fingerprint density at radius 2 is 1.80 bits per heavy atom. The Morgan fingerprint density at radius 3 is 2.60 bits per heavy atom. The van der Waals surface area contributed by atoms with E-state index in [1.807, 2.05) is 18.2 Å². The minimum Gasteiger partial charge on any atom is -0.399 e. The van der Waals surface area contributed by atoms with Crippen molar-refractivity contribution in [1.29, 1.82) is 0 Å². The third-order valence-electron chi connectivity index (χ3n) is 3.67. The van der Waals surface area contributed by atoms with Crippen LogP contribution in [0.5, 0.6) is 0 Å². The van der Waals surface area contributed by atoms with E-state index in [-0.39, 0.29) is 0 Å².